The molecule has 2 N–H and O–H groups in total. The number of carbonyl (C=O) groups excluding carboxylic acids is 1. The van der Waals surface area contributed by atoms with Gasteiger partial charge in [-0.15, -0.1) is 0 Å². The minimum atomic E-state index is 0.0221. The van der Waals surface area contributed by atoms with Gasteiger partial charge in [-0.1, -0.05) is 44.2 Å². The Labute approximate surface area is 122 Å². The van der Waals surface area contributed by atoms with Crippen LogP contribution in [-0.2, 0) is 11.2 Å². The number of amides is 1. The van der Waals surface area contributed by atoms with Gasteiger partial charge in [0.15, 0.2) is 0 Å². The van der Waals surface area contributed by atoms with Crippen LogP contribution >= 0.6 is 0 Å². The second kappa shape index (κ2) is 8.75. The van der Waals surface area contributed by atoms with E-state index < -0.39 is 0 Å². The van der Waals surface area contributed by atoms with E-state index >= 15 is 0 Å². The van der Waals surface area contributed by atoms with Crippen LogP contribution in [0.25, 0.3) is 0 Å². The standard InChI is InChI=1S/C17H27NO2/c1-13(9-10-16-7-5-4-6-8-16)11-17(20)18-15(3)14(2)12-19/h4-8,13-15,19H,9-12H2,1-3H3,(H,18,20). The van der Waals surface area contributed by atoms with E-state index in [0.29, 0.717) is 12.3 Å². The van der Waals surface area contributed by atoms with E-state index in [1.54, 1.807) is 0 Å². The third-order valence-electron chi connectivity index (χ3n) is 3.83. The van der Waals surface area contributed by atoms with E-state index in [1.807, 2.05) is 32.0 Å². The number of aliphatic hydroxyl groups is 1. The molecule has 1 aromatic carbocycles. The molecular formula is C17H27NO2. The maximum atomic E-state index is 11.9. The third-order valence-corrected chi connectivity index (χ3v) is 3.83. The normalized spacial score (nSPS) is 15.4. The van der Waals surface area contributed by atoms with E-state index in [0.717, 1.165) is 12.8 Å². The molecule has 0 saturated carbocycles. The predicted molar refractivity (Wildman–Crippen MR) is 82.4 cm³/mol. The van der Waals surface area contributed by atoms with E-state index in [1.165, 1.54) is 5.56 Å². The van der Waals surface area contributed by atoms with Crippen LogP contribution in [0.1, 0.15) is 39.2 Å². The highest BCUT2D eigenvalue weighted by atomic mass is 16.3. The van der Waals surface area contributed by atoms with Crippen LogP contribution in [0.4, 0.5) is 0 Å². The number of hydrogen-bond donors (Lipinski definition) is 2. The van der Waals surface area contributed by atoms with Gasteiger partial charge in [-0.2, -0.15) is 0 Å². The van der Waals surface area contributed by atoms with Gasteiger partial charge >= 0.3 is 0 Å². The fourth-order valence-corrected chi connectivity index (χ4v) is 2.09. The molecule has 0 aromatic heterocycles. The van der Waals surface area contributed by atoms with E-state index in [-0.39, 0.29) is 24.5 Å². The summed E-state index contributed by atoms with van der Waals surface area (Å²) in [5, 5.41) is 12.0. The third kappa shape index (κ3) is 6.20. The number of carbonyl (C=O) groups is 1. The van der Waals surface area contributed by atoms with Crippen LogP contribution in [0, 0.1) is 11.8 Å². The Morgan fingerprint density at radius 1 is 1.20 bits per heavy atom. The average Bonchev–Trinajstić information content (AvgIpc) is 2.45. The zero-order valence-corrected chi connectivity index (χ0v) is 12.8. The van der Waals surface area contributed by atoms with Crippen LogP contribution in [0.2, 0.25) is 0 Å². The average molecular weight is 277 g/mol. The number of nitrogens with one attached hydrogen (secondary N) is 1. The SMILES string of the molecule is CC(CCc1ccccc1)CC(=O)NC(C)C(C)CO. The summed E-state index contributed by atoms with van der Waals surface area (Å²) in [6.45, 7) is 6.09. The first-order valence-corrected chi connectivity index (χ1v) is 7.47. The molecule has 0 saturated heterocycles. The van der Waals surface area contributed by atoms with Crippen molar-refractivity contribution in [1.29, 1.82) is 0 Å². The Bertz CT molecular complexity index is 391. The first-order valence-electron chi connectivity index (χ1n) is 7.47. The minimum absolute atomic E-state index is 0.0221. The van der Waals surface area contributed by atoms with Crippen molar-refractivity contribution < 1.29 is 9.90 Å². The second-order valence-corrected chi connectivity index (χ2v) is 5.85. The van der Waals surface area contributed by atoms with Gasteiger partial charge in [0.1, 0.15) is 0 Å². The molecule has 0 bridgehead atoms. The molecule has 3 unspecified atom stereocenters. The van der Waals surface area contributed by atoms with Crippen molar-refractivity contribution in [3.8, 4) is 0 Å². The highest BCUT2D eigenvalue weighted by molar-refractivity contribution is 5.76. The van der Waals surface area contributed by atoms with Crippen molar-refractivity contribution in [3.05, 3.63) is 35.9 Å². The summed E-state index contributed by atoms with van der Waals surface area (Å²) in [6, 6.07) is 10.4. The zero-order chi connectivity index (χ0) is 15.0. The van der Waals surface area contributed by atoms with Gasteiger partial charge in [-0.05, 0) is 37.2 Å². The van der Waals surface area contributed by atoms with Crippen LogP contribution in [0.15, 0.2) is 30.3 Å². The molecule has 0 heterocycles. The Hall–Kier alpha value is -1.35. The molecule has 3 heteroatoms. The van der Waals surface area contributed by atoms with Crippen LogP contribution < -0.4 is 5.32 Å². The molecule has 0 aliphatic carbocycles. The number of aliphatic hydroxyl groups excluding tert-OH is 1. The molecule has 20 heavy (non-hydrogen) atoms. The molecule has 3 atom stereocenters. The molecule has 0 radical (unpaired) electrons. The van der Waals surface area contributed by atoms with Crippen LogP contribution in [0.3, 0.4) is 0 Å². The summed E-state index contributed by atoms with van der Waals surface area (Å²) in [6.07, 6.45) is 2.58. The van der Waals surface area contributed by atoms with Crippen molar-refractivity contribution in [3.63, 3.8) is 0 Å². The molecule has 1 amide bonds. The van der Waals surface area contributed by atoms with Crippen molar-refractivity contribution in [2.24, 2.45) is 11.8 Å². The maximum absolute atomic E-state index is 11.9. The van der Waals surface area contributed by atoms with Crippen molar-refractivity contribution in [2.75, 3.05) is 6.61 Å². The first kappa shape index (κ1) is 16.7. The number of benzene rings is 1. The fraction of sp³-hybridized carbons (Fsp3) is 0.588. The van der Waals surface area contributed by atoms with Crippen LogP contribution in [0.5, 0.6) is 0 Å². The van der Waals surface area contributed by atoms with Gasteiger partial charge in [0.05, 0.1) is 0 Å². The van der Waals surface area contributed by atoms with Gasteiger partial charge in [-0.3, -0.25) is 4.79 Å². The van der Waals surface area contributed by atoms with Gasteiger partial charge in [-0.25, -0.2) is 0 Å². The summed E-state index contributed by atoms with van der Waals surface area (Å²) >= 11 is 0. The highest BCUT2D eigenvalue weighted by Gasteiger charge is 2.15. The van der Waals surface area contributed by atoms with E-state index in [4.69, 9.17) is 5.11 Å². The van der Waals surface area contributed by atoms with Gasteiger partial charge in [0.25, 0.3) is 0 Å². The fourth-order valence-electron chi connectivity index (χ4n) is 2.09. The van der Waals surface area contributed by atoms with Crippen molar-refractivity contribution in [1.82, 2.24) is 5.32 Å². The number of hydrogen-bond acceptors (Lipinski definition) is 2. The van der Waals surface area contributed by atoms with E-state index in [2.05, 4.69) is 24.4 Å². The lowest BCUT2D eigenvalue weighted by Crippen LogP contribution is -2.38. The molecule has 3 nitrogen and oxygen atoms in total. The van der Waals surface area contributed by atoms with Gasteiger partial charge in [0.2, 0.25) is 5.91 Å². The monoisotopic (exact) mass is 277 g/mol. The minimum Gasteiger partial charge on any atom is -0.396 e. The highest BCUT2D eigenvalue weighted by Crippen LogP contribution is 2.13. The lowest BCUT2D eigenvalue weighted by molar-refractivity contribution is -0.122. The lowest BCUT2D eigenvalue weighted by Gasteiger charge is -2.20. The summed E-state index contributed by atoms with van der Waals surface area (Å²) < 4.78 is 0. The second-order valence-electron chi connectivity index (χ2n) is 5.85. The maximum Gasteiger partial charge on any atom is 0.220 e. The van der Waals surface area contributed by atoms with Crippen molar-refractivity contribution in [2.45, 2.75) is 46.1 Å². The molecule has 112 valence electrons. The number of aryl methyl sites for hydroxylation is 1. The molecule has 0 spiro atoms. The largest absolute Gasteiger partial charge is 0.396 e. The molecule has 1 rings (SSSR count). The molecule has 0 fully saturated rings. The Kier molecular flexibility index (Phi) is 7.31. The summed E-state index contributed by atoms with van der Waals surface area (Å²) in [5.74, 6) is 0.545. The Morgan fingerprint density at radius 3 is 2.45 bits per heavy atom. The number of rotatable bonds is 8. The Morgan fingerprint density at radius 2 is 1.85 bits per heavy atom. The zero-order valence-electron chi connectivity index (χ0n) is 12.8. The molecule has 0 aliphatic rings. The van der Waals surface area contributed by atoms with E-state index in [9.17, 15) is 4.79 Å². The quantitative estimate of drug-likeness (QED) is 0.767. The molecule has 1 aromatic rings. The molecule has 0 aliphatic heterocycles. The van der Waals surface area contributed by atoms with Gasteiger partial charge < -0.3 is 10.4 Å². The smallest absolute Gasteiger partial charge is 0.220 e. The summed E-state index contributed by atoms with van der Waals surface area (Å²) in [7, 11) is 0. The first-order chi connectivity index (χ1) is 9.52. The Balaban J connectivity index is 2.28. The topological polar surface area (TPSA) is 49.3 Å². The van der Waals surface area contributed by atoms with Crippen LogP contribution in [-0.4, -0.2) is 23.7 Å². The predicted octanol–water partition coefficient (Wildman–Crippen LogP) is 2.78. The lowest BCUT2D eigenvalue weighted by atomic mass is 9.97. The van der Waals surface area contributed by atoms with Crippen molar-refractivity contribution >= 4 is 5.91 Å². The summed E-state index contributed by atoms with van der Waals surface area (Å²) in [5.41, 5.74) is 1.32. The molecular weight excluding hydrogens is 250 g/mol. The van der Waals surface area contributed by atoms with Gasteiger partial charge in [0, 0.05) is 19.1 Å². The summed E-state index contributed by atoms with van der Waals surface area (Å²) in [4.78, 5) is 11.9.